The average Bonchev–Trinajstić information content (AvgIpc) is 3.03. The summed E-state index contributed by atoms with van der Waals surface area (Å²) >= 11 is 1.84. The van der Waals surface area contributed by atoms with Gasteiger partial charge < -0.3 is 10.4 Å². The zero-order valence-electron chi connectivity index (χ0n) is 10.7. The van der Waals surface area contributed by atoms with E-state index in [-0.39, 0.29) is 5.54 Å². The predicted molar refractivity (Wildman–Crippen MR) is 77.6 cm³/mol. The molecule has 4 rings (SSSR count). The zero-order chi connectivity index (χ0) is 12.9. The normalized spacial score (nSPS) is 28.9. The molecule has 2 aliphatic rings. The third kappa shape index (κ3) is 1.52. The number of aromatic hydroxyl groups is 1. The summed E-state index contributed by atoms with van der Waals surface area (Å²) in [6.07, 6.45) is 3.59. The number of rotatable bonds is 1. The molecule has 1 aliphatic heterocycles. The van der Waals surface area contributed by atoms with Gasteiger partial charge in [-0.25, -0.2) is 0 Å². The number of phenols is 1. The molecule has 2 unspecified atom stereocenters. The molecule has 0 amide bonds. The van der Waals surface area contributed by atoms with Gasteiger partial charge in [0, 0.05) is 4.88 Å². The molecule has 2 heterocycles. The molecule has 2 N–H and O–H groups in total. The molecule has 1 aliphatic carbocycles. The maximum atomic E-state index is 9.73. The predicted octanol–water partition coefficient (Wildman–Crippen LogP) is 3.25. The SMILES string of the molecule is Oc1ccc2c(c1)CC1CCCNC21c1cccs1. The molecule has 0 radical (unpaired) electrons. The Morgan fingerprint density at radius 2 is 2.26 bits per heavy atom. The third-order valence-corrected chi connectivity index (χ3v) is 5.64. The molecule has 2 aromatic rings. The fourth-order valence-corrected chi connectivity index (χ4v) is 4.88. The molecule has 1 fully saturated rings. The summed E-state index contributed by atoms with van der Waals surface area (Å²) in [5.74, 6) is 1.01. The topological polar surface area (TPSA) is 32.3 Å². The Hall–Kier alpha value is -1.32. The monoisotopic (exact) mass is 271 g/mol. The Bertz CT molecular complexity index is 607. The Morgan fingerprint density at radius 3 is 3.11 bits per heavy atom. The maximum absolute atomic E-state index is 9.73. The van der Waals surface area contributed by atoms with Crippen LogP contribution in [0.3, 0.4) is 0 Å². The first-order chi connectivity index (χ1) is 9.30. The molecule has 1 saturated heterocycles. The molecule has 0 spiro atoms. The molecule has 2 atom stereocenters. The van der Waals surface area contributed by atoms with E-state index in [1.54, 1.807) is 0 Å². The fraction of sp³-hybridized carbons (Fsp3) is 0.375. The van der Waals surface area contributed by atoms with Crippen molar-refractivity contribution in [3.63, 3.8) is 0 Å². The van der Waals surface area contributed by atoms with Crippen molar-refractivity contribution >= 4 is 11.3 Å². The first kappa shape index (κ1) is 11.5. The lowest BCUT2D eigenvalue weighted by atomic mass is 9.77. The van der Waals surface area contributed by atoms with Gasteiger partial charge in [-0.3, -0.25) is 0 Å². The largest absolute Gasteiger partial charge is 0.508 e. The van der Waals surface area contributed by atoms with Crippen molar-refractivity contribution in [2.75, 3.05) is 6.54 Å². The van der Waals surface area contributed by atoms with Gasteiger partial charge in [-0.1, -0.05) is 12.1 Å². The lowest BCUT2D eigenvalue weighted by Gasteiger charge is -2.41. The fourth-order valence-electron chi connectivity index (χ4n) is 3.89. The van der Waals surface area contributed by atoms with E-state index < -0.39 is 0 Å². The Morgan fingerprint density at radius 1 is 1.32 bits per heavy atom. The lowest BCUT2D eigenvalue weighted by molar-refractivity contribution is 0.224. The number of thiophene rings is 1. The molecule has 2 nitrogen and oxygen atoms in total. The van der Waals surface area contributed by atoms with Crippen molar-refractivity contribution in [1.82, 2.24) is 5.32 Å². The Kier molecular flexibility index (Phi) is 2.47. The van der Waals surface area contributed by atoms with Crippen LogP contribution in [-0.4, -0.2) is 11.7 Å². The van der Waals surface area contributed by atoms with Crippen molar-refractivity contribution in [2.45, 2.75) is 24.8 Å². The minimum Gasteiger partial charge on any atom is -0.508 e. The van der Waals surface area contributed by atoms with Crippen LogP contribution in [0, 0.1) is 5.92 Å². The Labute approximate surface area is 117 Å². The summed E-state index contributed by atoms with van der Waals surface area (Å²) in [6.45, 7) is 1.08. The molecule has 0 bridgehead atoms. The van der Waals surface area contributed by atoms with Gasteiger partial charge in [0.05, 0.1) is 5.54 Å². The van der Waals surface area contributed by atoms with Crippen LogP contribution in [0.15, 0.2) is 35.7 Å². The zero-order valence-corrected chi connectivity index (χ0v) is 11.5. The van der Waals surface area contributed by atoms with Crippen LogP contribution in [0.25, 0.3) is 0 Å². The van der Waals surface area contributed by atoms with E-state index in [0.29, 0.717) is 11.7 Å². The van der Waals surface area contributed by atoms with Crippen LogP contribution < -0.4 is 5.32 Å². The van der Waals surface area contributed by atoms with Crippen molar-refractivity contribution in [3.8, 4) is 5.75 Å². The number of hydrogen-bond donors (Lipinski definition) is 2. The van der Waals surface area contributed by atoms with Gasteiger partial charge in [0.1, 0.15) is 5.75 Å². The average molecular weight is 271 g/mol. The molecule has 19 heavy (non-hydrogen) atoms. The van der Waals surface area contributed by atoms with Crippen LogP contribution in [-0.2, 0) is 12.0 Å². The summed E-state index contributed by atoms with van der Waals surface area (Å²) in [6, 6.07) is 10.3. The number of phenolic OH excluding ortho intramolecular Hbond substituents is 1. The highest BCUT2D eigenvalue weighted by molar-refractivity contribution is 7.10. The highest BCUT2D eigenvalue weighted by Crippen LogP contribution is 2.51. The first-order valence-corrected chi connectivity index (χ1v) is 7.80. The van der Waals surface area contributed by atoms with E-state index in [0.717, 1.165) is 13.0 Å². The van der Waals surface area contributed by atoms with Crippen LogP contribution in [0.5, 0.6) is 5.75 Å². The van der Waals surface area contributed by atoms with Gasteiger partial charge in [0.2, 0.25) is 0 Å². The van der Waals surface area contributed by atoms with Crippen LogP contribution in [0.4, 0.5) is 0 Å². The van der Waals surface area contributed by atoms with Crippen molar-refractivity contribution < 1.29 is 5.11 Å². The molecule has 1 aromatic heterocycles. The summed E-state index contributed by atoms with van der Waals surface area (Å²) < 4.78 is 0. The van der Waals surface area contributed by atoms with Gasteiger partial charge in [-0.05, 0) is 66.4 Å². The van der Waals surface area contributed by atoms with E-state index in [1.807, 2.05) is 23.5 Å². The minimum absolute atomic E-state index is 0.00451. The summed E-state index contributed by atoms with van der Waals surface area (Å²) in [7, 11) is 0. The van der Waals surface area contributed by atoms with Crippen molar-refractivity contribution in [1.29, 1.82) is 0 Å². The molecule has 1 aromatic carbocycles. The van der Waals surface area contributed by atoms with Gasteiger partial charge in [-0.15, -0.1) is 11.3 Å². The molecular formula is C16H17NOS. The number of piperidine rings is 1. The van der Waals surface area contributed by atoms with Gasteiger partial charge in [-0.2, -0.15) is 0 Å². The van der Waals surface area contributed by atoms with Crippen LogP contribution >= 0.6 is 11.3 Å². The second-order valence-electron chi connectivity index (χ2n) is 5.60. The van der Waals surface area contributed by atoms with E-state index in [1.165, 1.54) is 28.8 Å². The first-order valence-electron chi connectivity index (χ1n) is 6.92. The van der Waals surface area contributed by atoms with Crippen molar-refractivity contribution in [3.05, 3.63) is 51.7 Å². The molecular weight excluding hydrogens is 254 g/mol. The number of benzene rings is 1. The molecule has 3 heteroatoms. The minimum atomic E-state index is -0.00451. The molecule has 0 saturated carbocycles. The number of nitrogens with one attached hydrogen (secondary N) is 1. The third-order valence-electron chi connectivity index (χ3n) is 4.64. The van der Waals surface area contributed by atoms with Gasteiger partial charge in [0.25, 0.3) is 0 Å². The van der Waals surface area contributed by atoms with Gasteiger partial charge in [0.15, 0.2) is 0 Å². The van der Waals surface area contributed by atoms with Crippen LogP contribution in [0.1, 0.15) is 28.8 Å². The standard InChI is InChI=1S/C16H17NOS/c18-13-5-6-14-11(10-13)9-12-3-1-7-17-16(12,14)15-4-2-8-19-15/h2,4-6,8,10,12,17-18H,1,3,7,9H2. The second-order valence-corrected chi connectivity index (χ2v) is 6.54. The quantitative estimate of drug-likeness (QED) is 0.834. The highest BCUT2D eigenvalue weighted by atomic mass is 32.1. The Balaban J connectivity index is 1.94. The highest BCUT2D eigenvalue weighted by Gasteiger charge is 2.49. The summed E-state index contributed by atoms with van der Waals surface area (Å²) in [5.41, 5.74) is 2.68. The van der Waals surface area contributed by atoms with E-state index in [4.69, 9.17) is 0 Å². The maximum Gasteiger partial charge on any atom is 0.115 e. The summed E-state index contributed by atoms with van der Waals surface area (Å²) in [5, 5.41) is 15.7. The van der Waals surface area contributed by atoms with Gasteiger partial charge >= 0.3 is 0 Å². The van der Waals surface area contributed by atoms with E-state index >= 15 is 0 Å². The van der Waals surface area contributed by atoms with E-state index in [9.17, 15) is 5.11 Å². The number of hydrogen-bond acceptors (Lipinski definition) is 3. The second kappa shape index (κ2) is 4.09. The van der Waals surface area contributed by atoms with Crippen molar-refractivity contribution in [2.24, 2.45) is 5.92 Å². The number of fused-ring (bicyclic) bond motifs is 3. The summed E-state index contributed by atoms with van der Waals surface area (Å²) in [4.78, 5) is 1.42. The molecule has 98 valence electrons. The smallest absolute Gasteiger partial charge is 0.115 e. The van der Waals surface area contributed by atoms with Crippen LogP contribution in [0.2, 0.25) is 0 Å². The van der Waals surface area contributed by atoms with E-state index in [2.05, 4.69) is 28.9 Å². The lowest BCUT2D eigenvalue weighted by Crippen LogP contribution is -2.50.